The highest BCUT2D eigenvalue weighted by Crippen LogP contribution is 2.26. The summed E-state index contributed by atoms with van der Waals surface area (Å²) in [5.41, 5.74) is 13.1. The van der Waals surface area contributed by atoms with Crippen molar-refractivity contribution in [2.75, 3.05) is 5.43 Å². The van der Waals surface area contributed by atoms with Crippen LogP contribution in [-0.2, 0) is 0 Å². The number of hydrogen-bond donors (Lipinski definition) is 2. The van der Waals surface area contributed by atoms with E-state index in [0.29, 0.717) is 17.1 Å². The van der Waals surface area contributed by atoms with Crippen LogP contribution in [0.15, 0.2) is 6.07 Å². The quantitative estimate of drug-likeness (QED) is 0.839. The Morgan fingerprint density at radius 1 is 1.35 bits per heavy atom. The van der Waals surface area contributed by atoms with E-state index in [9.17, 15) is 0 Å². The van der Waals surface area contributed by atoms with Crippen molar-refractivity contribution in [3.05, 3.63) is 23.0 Å². The van der Waals surface area contributed by atoms with Gasteiger partial charge in [-0.2, -0.15) is 0 Å². The molecule has 110 valence electrons. The minimum Gasteiger partial charge on any atom is -0.389 e. The van der Waals surface area contributed by atoms with E-state index in [0.717, 1.165) is 22.6 Å². The van der Waals surface area contributed by atoms with Crippen LogP contribution >= 0.6 is 12.2 Å². The number of rotatable bonds is 3. The average Bonchev–Trinajstić information content (AvgIpc) is 2.32. The monoisotopic (exact) mass is 292 g/mol. The van der Waals surface area contributed by atoms with E-state index < -0.39 is 0 Å². The van der Waals surface area contributed by atoms with Crippen LogP contribution in [0.5, 0.6) is 0 Å². The van der Waals surface area contributed by atoms with Gasteiger partial charge in [-0.15, -0.1) is 0 Å². The lowest BCUT2D eigenvalue weighted by Crippen LogP contribution is -2.47. The van der Waals surface area contributed by atoms with Gasteiger partial charge in [0, 0.05) is 23.5 Å². The zero-order valence-electron chi connectivity index (χ0n) is 12.7. The second-order valence-electron chi connectivity index (χ2n) is 5.78. The number of hydrazine groups is 1. The zero-order chi connectivity index (χ0) is 14.9. The molecule has 4 nitrogen and oxygen atoms in total. The number of anilines is 1. The normalized spacial score (nSPS) is 23.6. The van der Waals surface area contributed by atoms with Gasteiger partial charge in [-0.3, -0.25) is 4.98 Å². The van der Waals surface area contributed by atoms with Gasteiger partial charge in [-0.05, 0) is 46.6 Å². The first kappa shape index (κ1) is 15.2. The molecule has 0 aromatic carbocycles. The predicted molar refractivity (Wildman–Crippen MR) is 87.8 cm³/mol. The largest absolute Gasteiger partial charge is 0.389 e. The number of pyridine rings is 1. The van der Waals surface area contributed by atoms with Crippen molar-refractivity contribution in [2.24, 2.45) is 5.73 Å². The maximum absolute atomic E-state index is 5.87. The van der Waals surface area contributed by atoms with Gasteiger partial charge in [0.05, 0.1) is 11.3 Å². The Morgan fingerprint density at radius 2 is 1.95 bits per heavy atom. The summed E-state index contributed by atoms with van der Waals surface area (Å²) in [5, 5.41) is 2.32. The molecule has 0 spiro atoms. The summed E-state index contributed by atoms with van der Waals surface area (Å²) in [5.74, 6) is 0. The summed E-state index contributed by atoms with van der Waals surface area (Å²) in [7, 11) is 0. The van der Waals surface area contributed by atoms with Crippen molar-refractivity contribution in [2.45, 2.75) is 59.0 Å². The standard InChI is InChI=1S/C15H24N4S/c1-9-8-13(14(15(16)20)12(4)17-9)18-19-10(2)6-5-7-11(19)3/h8,10-11H,5-7H2,1-4H3,(H2,16,20)(H,17,18). The molecular weight excluding hydrogens is 268 g/mol. The summed E-state index contributed by atoms with van der Waals surface area (Å²) < 4.78 is 0. The van der Waals surface area contributed by atoms with Gasteiger partial charge in [0.25, 0.3) is 0 Å². The lowest BCUT2D eigenvalue weighted by Gasteiger charge is -2.40. The van der Waals surface area contributed by atoms with Crippen LogP contribution in [0.4, 0.5) is 5.69 Å². The number of aryl methyl sites for hydroxylation is 2. The van der Waals surface area contributed by atoms with Gasteiger partial charge >= 0.3 is 0 Å². The molecule has 0 aliphatic carbocycles. The Labute approximate surface area is 126 Å². The van der Waals surface area contributed by atoms with E-state index in [1.165, 1.54) is 19.3 Å². The second-order valence-corrected chi connectivity index (χ2v) is 6.22. The highest BCUT2D eigenvalue weighted by atomic mass is 32.1. The third-order valence-electron chi connectivity index (χ3n) is 4.02. The SMILES string of the molecule is Cc1cc(NN2C(C)CCCC2C)c(C(N)=S)c(C)n1. The van der Waals surface area contributed by atoms with Gasteiger partial charge in [0.15, 0.2) is 0 Å². The number of nitrogens with two attached hydrogens (primary N) is 1. The molecule has 3 N–H and O–H groups in total. The van der Waals surface area contributed by atoms with Crippen molar-refractivity contribution in [1.29, 1.82) is 0 Å². The lowest BCUT2D eigenvalue weighted by molar-refractivity contribution is 0.135. The minimum absolute atomic E-state index is 0.398. The van der Waals surface area contributed by atoms with Crippen LogP contribution in [0.2, 0.25) is 0 Å². The van der Waals surface area contributed by atoms with Crippen LogP contribution in [0, 0.1) is 13.8 Å². The van der Waals surface area contributed by atoms with Crippen LogP contribution in [0.25, 0.3) is 0 Å². The average molecular weight is 292 g/mol. The summed E-state index contributed by atoms with van der Waals surface area (Å²) in [6.45, 7) is 8.45. The maximum atomic E-state index is 5.87. The summed E-state index contributed by atoms with van der Waals surface area (Å²) in [6, 6.07) is 3.04. The van der Waals surface area contributed by atoms with Crippen molar-refractivity contribution in [3.63, 3.8) is 0 Å². The topological polar surface area (TPSA) is 54.2 Å². The highest BCUT2D eigenvalue weighted by Gasteiger charge is 2.25. The highest BCUT2D eigenvalue weighted by molar-refractivity contribution is 7.80. The molecule has 0 bridgehead atoms. The molecule has 0 radical (unpaired) electrons. The number of nitrogens with one attached hydrogen (secondary N) is 1. The maximum Gasteiger partial charge on any atom is 0.107 e. The molecule has 1 aliphatic rings. The summed E-state index contributed by atoms with van der Waals surface area (Å²) >= 11 is 5.19. The van der Waals surface area contributed by atoms with E-state index in [2.05, 4.69) is 29.3 Å². The van der Waals surface area contributed by atoms with E-state index in [1.54, 1.807) is 0 Å². The Hall–Kier alpha value is -1.20. The molecule has 5 heteroatoms. The fourth-order valence-electron chi connectivity index (χ4n) is 3.01. The molecule has 1 aromatic heterocycles. The molecule has 2 unspecified atom stereocenters. The third kappa shape index (κ3) is 3.10. The molecule has 2 atom stereocenters. The first-order valence-corrected chi connectivity index (χ1v) is 7.64. The van der Waals surface area contributed by atoms with Crippen molar-refractivity contribution < 1.29 is 0 Å². The minimum atomic E-state index is 0.398. The Kier molecular flexibility index (Phi) is 4.60. The van der Waals surface area contributed by atoms with Gasteiger partial charge in [0.2, 0.25) is 0 Å². The van der Waals surface area contributed by atoms with E-state index in [-0.39, 0.29) is 0 Å². The van der Waals surface area contributed by atoms with Crippen LogP contribution in [0.1, 0.15) is 50.1 Å². The van der Waals surface area contributed by atoms with Crippen LogP contribution in [-0.4, -0.2) is 27.1 Å². The van der Waals surface area contributed by atoms with Crippen LogP contribution < -0.4 is 11.2 Å². The molecule has 0 amide bonds. The molecule has 1 fully saturated rings. The van der Waals surface area contributed by atoms with Gasteiger partial charge < -0.3 is 11.2 Å². The first-order chi connectivity index (χ1) is 9.40. The fraction of sp³-hybridized carbons (Fsp3) is 0.600. The molecule has 0 saturated carbocycles. The Morgan fingerprint density at radius 3 is 2.50 bits per heavy atom. The Bertz CT molecular complexity index is 505. The van der Waals surface area contributed by atoms with E-state index in [1.807, 2.05) is 19.9 Å². The lowest BCUT2D eigenvalue weighted by atomic mass is 9.99. The third-order valence-corrected chi connectivity index (χ3v) is 4.22. The first-order valence-electron chi connectivity index (χ1n) is 7.23. The predicted octanol–water partition coefficient (Wildman–Crippen LogP) is 2.92. The summed E-state index contributed by atoms with van der Waals surface area (Å²) in [4.78, 5) is 4.86. The molecule has 2 heterocycles. The van der Waals surface area contributed by atoms with Crippen LogP contribution in [0.3, 0.4) is 0 Å². The number of hydrogen-bond acceptors (Lipinski definition) is 4. The van der Waals surface area contributed by atoms with E-state index >= 15 is 0 Å². The van der Waals surface area contributed by atoms with Crippen molar-refractivity contribution >= 4 is 22.9 Å². The number of aromatic nitrogens is 1. The van der Waals surface area contributed by atoms with Gasteiger partial charge in [0.1, 0.15) is 4.99 Å². The number of nitrogens with zero attached hydrogens (tertiary/aromatic N) is 2. The van der Waals surface area contributed by atoms with Crippen molar-refractivity contribution in [3.8, 4) is 0 Å². The fourth-order valence-corrected chi connectivity index (χ4v) is 3.27. The van der Waals surface area contributed by atoms with E-state index in [4.69, 9.17) is 18.0 Å². The second kappa shape index (κ2) is 6.06. The molecule has 1 aromatic rings. The number of thiocarbonyl (C=S) groups is 1. The molecular formula is C15H24N4S. The Balaban J connectivity index is 2.34. The van der Waals surface area contributed by atoms with Crippen molar-refractivity contribution in [1.82, 2.24) is 9.99 Å². The smallest absolute Gasteiger partial charge is 0.107 e. The number of piperidine rings is 1. The molecule has 1 saturated heterocycles. The molecule has 1 aliphatic heterocycles. The van der Waals surface area contributed by atoms with Gasteiger partial charge in [-0.25, -0.2) is 5.01 Å². The molecule has 2 rings (SSSR count). The summed E-state index contributed by atoms with van der Waals surface area (Å²) in [6.07, 6.45) is 3.71. The van der Waals surface area contributed by atoms with Gasteiger partial charge in [-0.1, -0.05) is 18.6 Å². The zero-order valence-corrected chi connectivity index (χ0v) is 13.5. The molecule has 20 heavy (non-hydrogen) atoms.